The molecular formula is C17H25FN2O3. The average molecular weight is 324 g/mol. The predicted molar refractivity (Wildman–Crippen MR) is 87.2 cm³/mol. The summed E-state index contributed by atoms with van der Waals surface area (Å²) in [7, 11) is 0. The summed E-state index contributed by atoms with van der Waals surface area (Å²) >= 11 is 0. The Hall–Kier alpha value is -1.82. The molecule has 2 rings (SSSR count). The van der Waals surface area contributed by atoms with Crippen molar-refractivity contribution in [2.24, 2.45) is 5.92 Å². The van der Waals surface area contributed by atoms with E-state index in [0.717, 1.165) is 12.8 Å². The lowest BCUT2D eigenvalue weighted by Crippen LogP contribution is -2.44. The molecule has 2 N–H and O–H groups in total. The normalized spacial score (nSPS) is 19.6. The number of nitrogens with one attached hydrogen (secondary N) is 1. The third kappa shape index (κ3) is 4.82. The van der Waals surface area contributed by atoms with Gasteiger partial charge < -0.3 is 20.1 Å². The zero-order valence-electron chi connectivity index (χ0n) is 13.9. The van der Waals surface area contributed by atoms with Crippen molar-refractivity contribution in [2.45, 2.75) is 45.8 Å². The number of anilines is 1. The first-order chi connectivity index (χ1) is 10.9. The first-order valence-corrected chi connectivity index (χ1v) is 8.07. The van der Waals surface area contributed by atoms with Gasteiger partial charge in [0, 0.05) is 25.1 Å². The zero-order chi connectivity index (χ0) is 17.0. The third-order valence-electron chi connectivity index (χ3n) is 3.97. The molecule has 2 atom stereocenters. The fraction of sp³-hybridized carbons (Fsp3) is 0.588. The highest BCUT2D eigenvalue weighted by Gasteiger charge is 2.27. The second-order valence-electron chi connectivity index (χ2n) is 6.33. The topological polar surface area (TPSA) is 61.8 Å². The van der Waals surface area contributed by atoms with Crippen LogP contribution in [0, 0.1) is 11.7 Å². The minimum Gasteiger partial charge on any atom is -0.489 e. The number of halogens is 1. The molecule has 0 aliphatic carbocycles. The summed E-state index contributed by atoms with van der Waals surface area (Å²) in [5, 5.41) is 12.4. The van der Waals surface area contributed by atoms with Gasteiger partial charge >= 0.3 is 6.03 Å². The Kier molecular flexibility index (Phi) is 5.82. The molecule has 0 saturated carbocycles. The molecule has 1 aromatic rings. The lowest BCUT2D eigenvalue weighted by atomic mass is 9.94. The molecule has 2 amide bonds. The van der Waals surface area contributed by atoms with Gasteiger partial charge in [0.1, 0.15) is 11.6 Å². The van der Waals surface area contributed by atoms with E-state index in [4.69, 9.17) is 4.74 Å². The Balaban J connectivity index is 2.08. The van der Waals surface area contributed by atoms with Crippen molar-refractivity contribution in [1.82, 2.24) is 4.90 Å². The van der Waals surface area contributed by atoms with Gasteiger partial charge in [-0.1, -0.05) is 0 Å². The van der Waals surface area contributed by atoms with Crippen molar-refractivity contribution in [3.8, 4) is 5.75 Å². The van der Waals surface area contributed by atoms with Gasteiger partial charge in [0.2, 0.25) is 0 Å². The van der Waals surface area contributed by atoms with Crippen LogP contribution in [0.3, 0.4) is 0 Å². The number of aliphatic hydroxyl groups excluding tert-OH is 1. The van der Waals surface area contributed by atoms with Crippen molar-refractivity contribution in [2.75, 3.05) is 18.4 Å². The van der Waals surface area contributed by atoms with E-state index >= 15 is 0 Å². The summed E-state index contributed by atoms with van der Waals surface area (Å²) in [4.78, 5) is 14.1. The van der Waals surface area contributed by atoms with Gasteiger partial charge in [0.05, 0.1) is 17.9 Å². The van der Waals surface area contributed by atoms with Crippen LogP contribution in [-0.4, -0.2) is 41.3 Å². The lowest BCUT2D eigenvalue weighted by Gasteiger charge is -2.34. The van der Waals surface area contributed by atoms with Crippen LogP contribution in [-0.2, 0) is 0 Å². The molecule has 5 nitrogen and oxygen atoms in total. The van der Waals surface area contributed by atoms with E-state index in [9.17, 15) is 14.3 Å². The van der Waals surface area contributed by atoms with Crippen molar-refractivity contribution in [1.29, 1.82) is 0 Å². The number of amides is 2. The second-order valence-corrected chi connectivity index (χ2v) is 6.33. The van der Waals surface area contributed by atoms with Crippen LogP contribution in [0.2, 0.25) is 0 Å². The van der Waals surface area contributed by atoms with Crippen LogP contribution in [0.5, 0.6) is 5.75 Å². The van der Waals surface area contributed by atoms with Gasteiger partial charge in [0.15, 0.2) is 0 Å². The van der Waals surface area contributed by atoms with Gasteiger partial charge in [-0.3, -0.25) is 0 Å². The smallest absolute Gasteiger partial charge is 0.321 e. The monoisotopic (exact) mass is 324 g/mol. The number of piperidine rings is 1. The first-order valence-electron chi connectivity index (χ1n) is 8.07. The van der Waals surface area contributed by atoms with Gasteiger partial charge in [-0.2, -0.15) is 0 Å². The Bertz CT molecular complexity index is 549. The molecule has 1 aromatic carbocycles. The van der Waals surface area contributed by atoms with Crippen molar-refractivity contribution >= 4 is 11.7 Å². The highest BCUT2D eigenvalue weighted by atomic mass is 19.1. The van der Waals surface area contributed by atoms with E-state index in [1.807, 2.05) is 13.8 Å². The van der Waals surface area contributed by atoms with E-state index < -0.39 is 11.9 Å². The maximum Gasteiger partial charge on any atom is 0.321 e. The number of nitrogens with zero attached hydrogens (tertiary/aromatic N) is 1. The first kappa shape index (κ1) is 17.5. The summed E-state index contributed by atoms with van der Waals surface area (Å²) in [6.45, 7) is 6.61. The van der Waals surface area contributed by atoms with Gasteiger partial charge in [-0.15, -0.1) is 0 Å². The zero-order valence-corrected chi connectivity index (χ0v) is 13.9. The fourth-order valence-corrected chi connectivity index (χ4v) is 2.74. The Labute approximate surface area is 136 Å². The van der Waals surface area contributed by atoms with Crippen LogP contribution in [0.1, 0.15) is 33.6 Å². The maximum atomic E-state index is 13.5. The third-order valence-corrected chi connectivity index (χ3v) is 3.97. The molecule has 6 heteroatoms. The second kappa shape index (κ2) is 7.64. The molecule has 0 bridgehead atoms. The number of likely N-dealkylation sites (tertiary alicyclic amines) is 1. The summed E-state index contributed by atoms with van der Waals surface area (Å²) in [6.07, 6.45) is 1.23. The molecule has 1 fully saturated rings. The largest absolute Gasteiger partial charge is 0.489 e. The molecule has 1 aliphatic rings. The van der Waals surface area contributed by atoms with Crippen molar-refractivity contribution in [3.05, 3.63) is 24.0 Å². The molecule has 1 saturated heterocycles. The van der Waals surface area contributed by atoms with E-state index in [-0.39, 0.29) is 18.1 Å². The van der Waals surface area contributed by atoms with E-state index in [1.54, 1.807) is 11.8 Å². The Morgan fingerprint density at radius 1 is 1.43 bits per heavy atom. The SMILES string of the molecule is CC(C)Oc1ccc(F)cc1NC(=O)N1CCCC(C(C)O)C1. The molecule has 1 heterocycles. The molecule has 0 radical (unpaired) electrons. The Morgan fingerprint density at radius 2 is 2.17 bits per heavy atom. The summed E-state index contributed by atoms with van der Waals surface area (Å²) in [6, 6.07) is 3.78. The van der Waals surface area contributed by atoms with E-state index in [1.165, 1.54) is 18.2 Å². The van der Waals surface area contributed by atoms with Crippen LogP contribution in [0.4, 0.5) is 14.9 Å². The predicted octanol–water partition coefficient (Wildman–Crippen LogP) is 3.24. The molecule has 23 heavy (non-hydrogen) atoms. The van der Waals surface area contributed by atoms with Gasteiger partial charge in [0.25, 0.3) is 0 Å². The number of rotatable bonds is 4. The van der Waals surface area contributed by atoms with Crippen LogP contribution in [0.25, 0.3) is 0 Å². The number of benzene rings is 1. The number of carbonyl (C=O) groups is 1. The standard InChI is InChI=1S/C17H25FN2O3/c1-11(2)23-16-7-6-14(18)9-15(16)19-17(22)20-8-4-5-13(10-20)12(3)21/h6-7,9,11-13,21H,4-5,8,10H2,1-3H3,(H,19,22). The molecule has 0 aromatic heterocycles. The highest BCUT2D eigenvalue weighted by molar-refractivity contribution is 5.91. The van der Waals surface area contributed by atoms with Crippen LogP contribution < -0.4 is 10.1 Å². The molecule has 1 aliphatic heterocycles. The Morgan fingerprint density at radius 3 is 2.83 bits per heavy atom. The van der Waals surface area contributed by atoms with Crippen LogP contribution in [0.15, 0.2) is 18.2 Å². The number of hydrogen-bond acceptors (Lipinski definition) is 3. The van der Waals surface area contributed by atoms with Crippen LogP contribution >= 0.6 is 0 Å². The summed E-state index contributed by atoms with van der Waals surface area (Å²) in [5.74, 6) is 0.0872. The number of hydrogen-bond donors (Lipinski definition) is 2. The van der Waals surface area contributed by atoms with Gasteiger partial charge in [-0.05, 0) is 45.7 Å². The van der Waals surface area contributed by atoms with E-state index in [2.05, 4.69) is 5.32 Å². The minimum absolute atomic E-state index is 0.0772. The summed E-state index contributed by atoms with van der Waals surface area (Å²) < 4.78 is 19.1. The molecule has 2 unspecified atom stereocenters. The number of aliphatic hydroxyl groups is 1. The van der Waals surface area contributed by atoms with Crippen molar-refractivity contribution in [3.63, 3.8) is 0 Å². The quantitative estimate of drug-likeness (QED) is 0.894. The minimum atomic E-state index is -0.445. The molecule has 0 spiro atoms. The number of urea groups is 1. The number of carbonyl (C=O) groups excluding carboxylic acids is 1. The fourth-order valence-electron chi connectivity index (χ4n) is 2.74. The van der Waals surface area contributed by atoms with E-state index in [0.29, 0.717) is 24.5 Å². The highest BCUT2D eigenvalue weighted by Crippen LogP contribution is 2.27. The lowest BCUT2D eigenvalue weighted by molar-refractivity contribution is 0.0765. The van der Waals surface area contributed by atoms with Gasteiger partial charge in [-0.25, -0.2) is 9.18 Å². The number of ether oxygens (including phenoxy) is 1. The average Bonchev–Trinajstić information content (AvgIpc) is 2.49. The maximum absolute atomic E-state index is 13.5. The van der Waals surface area contributed by atoms with Crippen molar-refractivity contribution < 1.29 is 19.0 Å². The summed E-state index contributed by atoms with van der Waals surface area (Å²) in [5.41, 5.74) is 0.322. The molecular weight excluding hydrogens is 299 g/mol. The molecule has 128 valence electrons.